The number of hydrogen-bond acceptors (Lipinski definition) is 1. The molecule has 1 aromatic carbocycles. The van der Waals surface area contributed by atoms with Crippen molar-refractivity contribution in [3.63, 3.8) is 0 Å². The van der Waals surface area contributed by atoms with E-state index < -0.39 is 17.0 Å². The van der Waals surface area contributed by atoms with Crippen LogP contribution >= 0.6 is 11.6 Å². The molecule has 0 spiro atoms. The van der Waals surface area contributed by atoms with E-state index in [4.69, 9.17) is 16.9 Å². The fourth-order valence-corrected chi connectivity index (χ4v) is 1.21. The van der Waals surface area contributed by atoms with Gasteiger partial charge in [0.2, 0.25) is 0 Å². The van der Waals surface area contributed by atoms with Gasteiger partial charge in [-0.15, -0.1) is 0 Å². The SMILES string of the molecule is CC(C)(C#N)c1cc(F)c(Cl)cc1F. The molecular weight excluding hydrogens is 208 g/mol. The Morgan fingerprint density at radius 1 is 1.29 bits per heavy atom. The van der Waals surface area contributed by atoms with E-state index in [9.17, 15) is 8.78 Å². The smallest absolute Gasteiger partial charge is 0.142 e. The van der Waals surface area contributed by atoms with Gasteiger partial charge in [-0.3, -0.25) is 0 Å². The van der Waals surface area contributed by atoms with Crippen molar-refractivity contribution in [2.24, 2.45) is 0 Å². The molecule has 0 radical (unpaired) electrons. The first-order valence-electron chi connectivity index (χ1n) is 3.95. The second-order valence-corrected chi connectivity index (χ2v) is 3.89. The average molecular weight is 216 g/mol. The van der Waals surface area contributed by atoms with Gasteiger partial charge in [0.1, 0.15) is 11.6 Å². The van der Waals surface area contributed by atoms with Gasteiger partial charge in [-0.25, -0.2) is 8.78 Å². The van der Waals surface area contributed by atoms with Crippen LogP contribution in [0.2, 0.25) is 5.02 Å². The lowest BCUT2D eigenvalue weighted by Gasteiger charge is -2.16. The van der Waals surface area contributed by atoms with Gasteiger partial charge >= 0.3 is 0 Å². The van der Waals surface area contributed by atoms with Crippen molar-refractivity contribution in [3.8, 4) is 6.07 Å². The molecule has 0 aliphatic rings. The van der Waals surface area contributed by atoms with Crippen LogP contribution in [-0.2, 0) is 5.41 Å². The highest BCUT2D eigenvalue weighted by Crippen LogP contribution is 2.28. The van der Waals surface area contributed by atoms with Crippen molar-refractivity contribution in [1.29, 1.82) is 5.26 Å². The zero-order valence-corrected chi connectivity index (χ0v) is 8.49. The molecule has 0 atom stereocenters. The first kappa shape index (κ1) is 10.9. The van der Waals surface area contributed by atoms with Crippen molar-refractivity contribution in [3.05, 3.63) is 34.4 Å². The van der Waals surface area contributed by atoms with Crippen LogP contribution in [0.5, 0.6) is 0 Å². The largest absolute Gasteiger partial charge is 0.207 e. The lowest BCUT2D eigenvalue weighted by molar-refractivity contribution is 0.548. The van der Waals surface area contributed by atoms with E-state index in [2.05, 4.69) is 0 Å². The highest BCUT2D eigenvalue weighted by molar-refractivity contribution is 6.30. The molecule has 4 heteroatoms. The van der Waals surface area contributed by atoms with Gasteiger partial charge < -0.3 is 0 Å². The Morgan fingerprint density at radius 2 is 1.86 bits per heavy atom. The minimum atomic E-state index is -1.06. The molecule has 0 aromatic heterocycles. The summed E-state index contributed by atoms with van der Waals surface area (Å²) in [6.45, 7) is 3.03. The summed E-state index contributed by atoms with van der Waals surface area (Å²) in [5.41, 5.74) is -1.04. The van der Waals surface area contributed by atoms with Crippen LogP contribution in [0, 0.1) is 23.0 Å². The van der Waals surface area contributed by atoms with Gasteiger partial charge in [0, 0.05) is 5.56 Å². The lowest BCUT2D eigenvalue weighted by Crippen LogP contribution is -2.16. The van der Waals surface area contributed by atoms with Crippen LogP contribution in [0.15, 0.2) is 12.1 Å². The second kappa shape index (κ2) is 3.55. The zero-order valence-electron chi connectivity index (χ0n) is 7.74. The van der Waals surface area contributed by atoms with Crippen LogP contribution in [0.4, 0.5) is 8.78 Å². The Kier molecular flexibility index (Phi) is 2.77. The molecule has 1 rings (SSSR count). The predicted molar refractivity (Wildman–Crippen MR) is 50.0 cm³/mol. The number of benzene rings is 1. The molecule has 0 saturated carbocycles. The van der Waals surface area contributed by atoms with Crippen LogP contribution in [0.25, 0.3) is 0 Å². The minimum absolute atomic E-state index is 0.0156. The number of halogens is 3. The highest BCUT2D eigenvalue weighted by Gasteiger charge is 2.25. The first-order chi connectivity index (χ1) is 6.38. The Labute approximate surface area is 85.9 Å². The van der Waals surface area contributed by atoms with Crippen molar-refractivity contribution in [2.45, 2.75) is 19.3 Å². The molecule has 0 amide bonds. The van der Waals surface area contributed by atoms with Crippen LogP contribution in [0.3, 0.4) is 0 Å². The Bertz CT molecular complexity index is 407. The molecule has 1 nitrogen and oxygen atoms in total. The summed E-state index contributed by atoms with van der Waals surface area (Å²) < 4.78 is 26.3. The fraction of sp³-hybridized carbons (Fsp3) is 0.300. The monoisotopic (exact) mass is 215 g/mol. The molecule has 74 valence electrons. The third kappa shape index (κ3) is 1.85. The van der Waals surface area contributed by atoms with Crippen molar-refractivity contribution in [2.75, 3.05) is 0 Å². The molecule has 0 heterocycles. The average Bonchev–Trinajstić information content (AvgIpc) is 2.11. The van der Waals surface area contributed by atoms with Crippen molar-refractivity contribution >= 4 is 11.6 Å². The van der Waals surface area contributed by atoms with Crippen molar-refractivity contribution in [1.82, 2.24) is 0 Å². The molecule has 0 aliphatic carbocycles. The third-order valence-electron chi connectivity index (χ3n) is 1.96. The molecule has 0 fully saturated rings. The number of rotatable bonds is 1. The van der Waals surface area contributed by atoms with Gasteiger partial charge in [-0.2, -0.15) is 5.26 Å². The van der Waals surface area contributed by atoms with E-state index in [0.29, 0.717) is 0 Å². The van der Waals surface area contributed by atoms with Gasteiger partial charge in [-0.1, -0.05) is 11.6 Å². The van der Waals surface area contributed by atoms with Gasteiger partial charge in [0.05, 0.1) is 16.5 Å². The first-order valence-corrected chi connectivity index (χ1v) is 4.32. The Morgan fingerprint density at radius 3 is 2.36 bits per heavy atom. The quantitative estimate of drug-likeness (QED) is 0.659. The molecular formula is C10H8ClF2N. The standard InChI is InChI=1S/C10H8ClF2N/c1-10(2,5-14)6-3-9(13)7(11)4-8(6)12/h3-4H,1-2H3. The maximum absolute atomic E-state index is 13.3. The molecule has 0 aliphatic heterocycles. The van der Waals surface area contributed by atoms with Gasteiger partial charge in [-0.05, 0) is 26.0 Å². The summed E-state index contributed by atoms with van der Waals surface area (Å²) in [4.78, 5) is 0. The van der Waals surface area contributed by atoms with E-state index >= 15 is 0 Å². The highest BCUT2D eigenvalue weighted by atomic mass is 35.5. The number of nitrogens with zero attached hydrogens (tertiary/aromatic N) is 1. The summed E-state index contributed by atoms with van der Waals surface area (Å²) >= 11 is 5.38. The molecule has 0 saturated heterocycles. The summed E-state index contributed by atoms with van der Waals surface area (Å²) in [7, 11) is 0. The van der Waals surface area contributed by atoms with Gasteiger partial charge in [0.25, 0.3) is 0 Å². The van der Waals surface area contributed by atoms with Crippen LogP contribution in [-0.4, -0.2) is 0 Å². The maximum atomic E-state index is 13.3. The minimum Gasteiger partial charge on any atom is -0.207 e. The van der Waals surface area contributed by atoms with E-state index in [0.717, 1.165) is 12.1 Å². The molecule has 14 heavy (non-hydrogen) atoms. The van der Waals surface area contributed by atoms with Crippen LogP contribution < -0.4 is 0 Å². The summed E-state index contributed by atoms with van der Waals surface area (Å²) in [5, 5.41) is 8.48. The maximum Gasteiger partial charge on any atom is 0.142 e. The molecule has 0 N–H and O–H groups in total. The number of nitriles is 1. The third-order valence-corrected chi connectivity index (χ3v) is 2.25. The topological polar surface area (TPSA) is 23.8 Å². The summed E-state index contributed by atoms with van der Waals surface area (Å²) in [6, 6.07) is 3.73. The normalized spacial score (nSPS) is 11.1. The predicted octanol–water partition coefficient (Wildman–Crippen LogP) is 3.42. The number of hydrogen-bond donors (Lipinski definition) is 0. The summed E-state index contributed by atoms with van der Waals surface area (Å²) in [5.74, 6) is -1.38. The fourth-order valence-electron chi connectivity index (χ4n) is 1.06. The van der Waals surface area contributed by atoms with E-state index in [-0.39, 0.29) is 10.6 Å². The zero-order chi connectivity index (χ0) is 10.9. The van der Waals surface area contributed by atoms with Crippen LogP contribution in [0.1, 0.15) is 19.4 Å². The molecule has 1 aromatic rings. The van der Waals surface area contributed by atoms with E-state index in [1.54, 1.807) is 0 Å². The van der Waals surface area contributed by atoms with E-state index in [1.165, 1.54) is 13.8 Å². The summed E-state index contributed by atoms with van der Waals surface area (Å²) in [6.07, 6.45) is 0. The lowest BCUT2D eigenvalue weighted by atomic mass is 9.86. The van der Waals surface area contributed by atoms with Crippen molar-refractivity contribution < 1.29 is 8.78 Å². The molecule has 0 unspecified atom stereocenters. The Balaban J connectivity index is 3.38. The second-order valence-electron chi connectivity index (χ2n) is 3.48. The molecule has 0 bridgehead atoms. The Hall–Kier alpha value is -1.14. The van der Waals surface area contributed by atoms with Gasteiger partial charge in [0.15, 0.2) is 0 Å². The van der Waals surface area contributed by atoms with E-state index in [1.807, 2.05) is 6.07 Å².